The molecule has 5 rings (SSSR count). The minimum Gasteiger partial charge on any atom is -0.378 e. The van der Waals surface area contributed by atoms with E-state index in [4.69, 9.17) is 4.74 Å². The maximum Gasteiger partial charge on any atom is 0.232 e. The number of carbonyl (C=O) groups excluding carboxylic acids is 1. The highest BCUT2D eigenvalue weighted by Crippen LogP contribution is 2.29. The topological polar surface area (TPSA) is 76.0 Å². The van der Waals surface area contributed by atoms with Crippen LogP contribution in [0.5, 0.6) is 0 Å². The first kappa shape index (κ1) is 21.7. The van der Waals surface area contributed by atoms with Crippen LogP contribution in [0.15, 0.2) is 53.8 Å². The number of nitrogens with zero attached hydrogens (tertiary/aromatic N) is 4. The number of ether oxygens (including phenoxy) is 1. The number of thioether (sulfide) groups is 1. The van der Waals surface area contributed by atoms with Crippen LogP contribution in [0.25, 0.3) is 16.6 Å². The molecule has 4 aromatic rings. The molecular formula is C25H27N5O2S. The van der Waals surface area contributed by atoms with Crippen LogP contribution in [0, 0.1) is 6.92 Å². The van der Waals surface area contributed by atoms with Crippen LogP contribution in [0.3, 0.4) is 0 Å². The number of nitrogens with one attached hydrogen (secondary N) is 1. The van der Waals surface area contributed by atoms with Crippen molar-refractivity contribution in [3.63, 3.8) is 0 Å². The number of aryl methyl sites for hydroxylation is 2. The molecule has 0 atom stereocenters. The largest absolute Gasteiger partial charge is 0.378 e. The fourth-order valence-electron chi connectivity index (χ4n) is 4.19. The van der Waals surface area contributed by atoms with E-state index < -0.39 is 0 Å². The van der Waals surface area contributed by atoms with E-state index in [9.17, 15) is 4.79 Å². The van der Waals surface area contributed by atoms with Gasteiger partial charge in [0.05, 0.1) is 24.7 Å². The summed E-state index contributed by atoms with van der Waals surface area (Å²) in [6, 6.07) is 14.4. The number of benzene rings is 2. The minimum atomic E-state index is 0.0749. The van der Waals surface area contributed by atoms with Crippen molar-refractivity contribution in [3.8, 4) is 5.69 Å². The summed E-state index contributed by atoms with van der Waals surface area (Å²) < 4.78 is 7.56. The molecule has 2 aromatic carbocycles. The number of fused-ring (bicyclic) bond motifs is 1. The average molecular weight is 462 g/mol. The summed E-state index contributed by atoms with van der Waals surface area (Å²) in [5, 5.41) is 10.7. The minimum absolute atomic E-state index is 0.0749. The number of morpholine rings is 1. The van der Waals surface area contributed by atoms with Gasteiger partial charge in [-0.05, 0) is 31.0 Å². The quantitative estimate of drug-likeness (QED) is 0.324. The number of aromatic nitrogens is 4. The van der Waals surface area contributed by atoms with Crippen LogP contribution in [-0.2, 0) is 11.2 Å². The summed E-state index contributed by atoms with van der Waals surface area (Å²) in [5.74, 6) is 1.15. The number of Topliss-reactive ketones (excluding diaryl/α,β-unsaturated/α-hetero) is 1. The molecule has 0 spiro atoms. The monoisotopic (exact) mass is 461 g/mol. The van der Waals surface area contributed by atoms with E-state index in [1.54, 1.807) is 0 Å². The third kappa shape index (κ3) is 4.28. The molecule has 0 unspecified atom stereocenters. The summed E-state index contributed by atoms with van der Waals surface area (Å²) in [6.07, 6.45) is 2.75. The van der Waals surface area contributed by atoms with Gasteiger partial charge in [0.25, 0.3) is 0 Å². The number of ketones is 1. The molecule has 0 bridgehead atoms. The fourth-order valence-corrected chi connectivity index (χ4v) is 5.02. The Hall–Kier alpha value is -3.10. The molecule has 0 radical (unpaired) electrons. The van der Waals surface area contributed by atoms with Crippen molar-refractivity contribution in [3.05, 3.63) is 65.4 Å². The van der Waals surface area contributed by atoms with Crippen molar-refractivity contribution in [1.82, 2.24) is 19.7 Å². The van der Waals surface area contributed by atoms with Gasteiger partial charge < -0.3 is 14.6 Å². The number of aromatic amines is 1. The molecule has 1 N–H and O–H groups in total. The molecular weight excluding hydrogens is 434 g/mol. The lowest BCUT2D eigenvalue weighted by atomic mass is 10.1. The molecule has 0 saturated carbocycles. The van der Waals surface area contributed by atoms with E-state index in [1.807, 2.05) is 22.9 Å². The molecule has 170 valence electrons. The zero-order chi connectivity index (χ0) is 22.8. The highest BCUT2D eigenvalue weighted by molar-refractivity contribution is 7.99. The van der Waals surface area contributed by atoms with Crippen LogP contribution >= 0.6 is 11.8 Å². The molecule has 0 amide bonds. The average Bonchev–Trinajstić information content (AvgIpc) is 3.48. The van der Waals surface area contributed by atoms with E-state index in [-0.39, 0.29) is 11.5 Å². The Labute approximate surface area is 197 Å². The number of carbonyl (C=O) groups is 1. The normalized spacial score (nSPS) is 14.2. The number of hydrogen-bond donors (Lipinski definition) is 1. The first-order chi connectivity index (χ1) is 16.2. The zero-order valence-electron chi connectivity index (χ0n) is 18.9. The Balaban J connectivity index is 1.43. The van der Waals surface area contributed by atoms with Crippen molar-refractivity contribution >= 4 is 34.4 Å². The van der Waals surface area contributed by atoms with E-state index in [0.29, 0.717) is 18.4 Å². The third-order valence-corrected chi connectivity index (χ3v) is 6.95. The fraction of sp³-hybridized carbons (Fsp3) is 0.320. The van der Waals surface area contributed by atoms with Crippen LogP contribution in [0.2, 0.25) is 0 Å². The Morgan fingerprint density at radius 1 is 1.12 bits per heavy atom. The van der Waals surface area contributed by atoms with Gasteiger partial charge in [0, 0.05) is 35.8 Å². The Morgan fingerprint density at radius 3 is 2.67 bits per heavy atom. The predicted octanol–water partition coefficient (Wildman–Crippen LogP) is 4.43. The van der Waals surface area contributed by atoms with Crippen molar-refractivity contribution < 1.29 is 9.53 Å². The van der Waals surface area contributed by atoms with E-state index in [1.165, 1.54) is 22.9 Å². The van der Waals surface area contributed by atoms with Gasteiger partial charge >= 0.3 is 0 Å². The summed E-state index contributed by atoms with van der Waals surface area (Å²) in [6.45, 7) is 7.06. The molecule has 1 aliphatic rings. The number of hydrogen-bond acceptors (Lipinski definition) is 6. The van der Waals surface area contributed by atoms with Gasteiger partial charge in [0.1, 0.15) is 0 Å². The molecule has 8 heteroatoms. The second-order valence-corrected chi connectivity index (χ2v) is 9.10. The highest BCUT2D eigenvalue weighted by atomic mass is 32.2. The molecule has 1 fully saturated rings. The standard InChI is InChI=1S/C25H27N5O2S/c1-3-18-5-4-6-20-21(15-26-23(18)20)22(31)16-33-25-28-27-24(29-11-13-32-14-12-29)30(25)19-9-7-17(2)8-10-19/h4-10,15,26H,3,11-14,16H2,1-2H3. The van der Waals surface area contributed by atoms with Gasteiger partial charge in [-0.25, -0.2) is 0 Å². The van der Waals surface area contributed by atoms with Crippen molar-refractivity contribution in [1.29, 1.82) is 0 Å². The first-order valence-corrected chi connectivity index (χ1v) is 12.2. The summed E-state index contributed by atoms with van der Waals surface area (Å²) in [4.78, 5) is 18.7. The lowest BCUT2D eigenvalue weighted by Gasteiger charge is -2.27. The second kappa shape index (κ2) is 9.41. The molecule has 7 nitrogen and oxygen atoms in total. The van der Waals surface area contributed by atoms with E-state index in [2.05, 4.69) is 64.3 Å². The van der Waals surface area contributed by atoms with E-state index >= 15 is 0 Å². The lowest BCUT2D eigenvalue weighted by molar-refractivity contribution is 0.102. The van der Waals surface area contributed by atoms with Gasteiger partial charge in [0.2, 0.25) is 5.95 Å². The maximum atomic E-state index is 13.2. The Kier molecular flexibility index (Phi) is 6.20. The molecule has 3 heterocycles. The third-order valence-electron chi connectivity index (χ3n) is 6.02. The van der Waals surface area contributed by atoms with Gasteiger partial charge in [-0.3, -0.25) is 9.36 Å². The van der Waals surface area contributed by atoms with Gasteiger partial charge in [-0.2, -0.15) is 0 Å². The SMILES string of the molecule is CCc1cccc2c(C(=O)CSc3nnc(N4CCOCC4)n3-c3ccc(C)cc3)c[nH]c12. The van der Waals surface area contributed by atoms with Gasteiger partial charge in [0.15, 0.2) is 10.9 Å². The smallest absolute Gasteiger partial charge is 0.232 e. The maximum absolute atomic E-state index is 13.2. The van der Waals surface area contributed by atoms with Crippen LogP contribution in [-0.4, -0.2) is 57.6 Å². The van der Waals surface area contributed by atoms with Crippen LogP contribution in [0.4, 0.5) is 5.95 Å². The second-order valence-electron chi connectivity index (χ2n) is 8.16. The highest BCUT2D eigenvalue weighted by Gasteiger charge is 2.23. The lowest BCUT2D eigenvalue weighted by Crippen LogP contribution is -2.37. The van der Waals surface area contributed by atoms with Crippen LogP contribution in [0.1, 0.15) is 28.4 Å². The van der Waals surface area contributed by atoms with Crippen LogP contribution < -0.4 is 4.90 Å². The van der Waals surface area contributed by atoms with Gasteiger partial charge in [-0.15, -0.1) is 10.2 Å². The Bertz CT molecular complexity index is 1270. The number of rotatable bonds is 7. The first-order valence-electron chi connectivity index (χ1n) is 11.3. The Morgan fingerprint density at radius 2 is 1.91 bits per heavy atom. The molecule has 33 heavy (non-hydrogen) atoms. The van der Waals surface area contributed by atoms with Crippen molar-refractivity contribution in [2.75, 3.05) is 37.0 Å². The molecule has 1 saturated heterocycles. The number of H-pyrrole nitrogens is 1. The summed E-state index contributed by atoms with van der Waals surface area (Å²) >= 11 is 1.42. The van der Waals surface area contributed by atoms with Gasteiger partial charge in [-0.1, -0.05) is 54.6 Å². The summed E-state index contributed by atoms with van der Waals surface area (Å²) in [7, 11) is 0. The predicted molar refractivity (Wildman–Crippen MR) is 132 cm³/mol. The van der Waals surface area contributed by atoms with Crippen molar-refractivity contribution in [2.45, 2.75) is 25.4 Å². The van der Waals surface area contributed by atoms with Crippen molar-refractivity contribution in [2.24, 2.45) is 0 Å². The number of para-hydroxylation sites is 1. The molecule has 1 aliphatic heterocycles. The molecule has 0 aliphatic carbocycles. The molecule has 2 aromatic heterocycles. The number of anilines is 1. The van der Waals surface area contributed by atoms with E-state index in [0.717, 1.165) is 47.6 Å². The summed E-state index contributed by atoms with van der Waals surface area (Å²) in [5.41, 5.74) is 5.17. The zero-order valence-corrected chi connectivity index (χ0v) is 19.7.